The van der Waals surface area contributed by atoms with Gasteiger partial charge in [0.15, 0.2) is 11.5 Å². The quantitative estimate of drug-likeness (QED) is 0.768. The monoisotopic (exact) mass is 341 g/mol. The maximum Gasteiger partial charge on any atom is 0.244 e. The smallest absolute Gasteiger partial charge is 0.244 e. The molecule has 2 aromatic carbocycles. The average molecular weight is 341 g/mol. The van der Waals surface area contributed by atoms with Crippen LogP contribution in [0.2, 0.25) is 0 Å². The highest BCUT2D eigenvalue weighted by atomic mass is 19.1. The number of nitrogens with one attached hydrogen (secondary N) is 1. The summed E-state index contributed by atoms with van der Waals surface area (Å²) >= 11 is 0. The molecule has 0 aliphatic carbocycles. The van der Waals surface area contributed by atoms with Crippen molar-refractivity contribution in [2.45, 2.75) is 26.4 Å². The second kappa shape index (κ2) is 6.93. The van der Waals surface area contributed by atoms with E-state index in [4.69, 9.17) is 4.42 Å². The third-order valence-corrected chi connectivity index (χ3v) is 3.93. The van der Waals surface area contributed by atoms with Crippen LogP contribution in [0.4, 0.5) is 10.1 Å². The Labute approximate surface area is 145 Å². The van der Waals surface area contributed by atoms with Crippen LogP contribution in [0, 0.1) is 12.7 Å². The van der Waals surface area contributed by atoms with Crippen molar-refractivity contribution in [2.24, 2.45) is 0 Å². The predicted octanol–water partition coefficient (Wildman–Crippen LogP) is 3.73. The number of halogens is 1. The molecule has 0 aliphatic rings. The molecule has 0 radical (unpaired) electrons. The van der Waals surface area contributed by atoms with Crippen molar-refractivity contribution in [3.63, 3.8) is 0 Å². The number of fused-ring (bicyclic) bond motifs is 1. The van der Waals surface area contributed by atoms with E-state index in [1.807, 2.05) is 18.2 Å². The highest BCUT2D eigenvalue weighted by molar-refractivity contribution is 5.85. The zero-order valence-corrected chi connectivity index (χ0v) is 14.4. The minimum Gasteiger partial charge on any atom is -0.441 e. The Bertz CT molecular complexity index is 907. The Hall–Kier alpha value is -2.89. The molecule has 0 saturated heterocycles. The van der Waals surface area contributed by atoms with Gasteiger partial charge >= 0.3 is 0 Å². The first kappa shape index (κ1) is 17.0. The van der Waals surface area contributed by atoms with Crippen molar-refractivity contribution >= 4 is 22.7 Å². The van der Waals surface area contributed by atoms with Gasteiger partial charge in [0.1, 0.15) is 17.4 Å². The van der Waals surface area contributed by atoms with Crippen LogP contribution in [0.15, 0.2) is 46.9 Å². The van der Waals surface area contributed by atoms with E-state index in [0.717, 1.165) is 16.8 Å². The molecule has 0 bridgehead atoms. The number of nitrogens with zero attached hydrogens (tertiary/aromatic N) is 2. The lowest BCUT2D eigenvalue weighted by Crippen LogP contribution is -2.38. The second-order valence-electron chi connectivity index (χ2n) is 6.11. The van der Waals surface area contributed by atoms with E-state index in [-0.39, 0.29) is 11.7 Å². The number of anilines is 1. The molecule has 0 fully saturated rings. The third kappa shape index (κ3) is 3.96. The molecule has 1 heterocycles. The Morgan fingerprint density at radius 3 is 2.88 bits per heavy atom. The topological polar surface area (TPSA) is 58.4 Å². The van der Waals surface area contributed by atoms with Gasteiger partial charge < -0.3 is 14.6 Å². The lowest BCUT2D eigenvalue weighted by Gasteiger charge is -2.23. The molecule has 1 amide bonds. The normalized spacial score (nSPS) is 12.2. The number of aromatic nitrogens is 1. The van der Waals surface area contributed by atoms with Crippen LogP contribution in [-0.4, -0.2) is 28.9 Å². The first-order valence-corrected chi connectivity index (χ1v) is 8.05. The third-order valence-electron chi connectivity index (χ3n) is 3.93. The minimum atomic E-state index is -0.427. The first-order valence-electron chi connectivity index (χ1n) is 8.05. The summed E-state index contributed by atoms with van der Waals surface area (Å²) in [7, 11) is 1.70. The highest BCUT2D eigenvalue weighted by Crippen LogP contribution is 2.20. The summed E-state index contributed by atoms with van der Waals surface area (Å²) in [6.45, 7) is 3.94. The van der Waals surface area contributed by atoms with Gasteiger partial charge in [0.05, 0.1) is 0 Å². The molecule has 0 saturated carbocycles. The van der Waals surface area contributed by atoms with Crippen LogP contribution in [-0.2, 0) is 11.3 Å². The van der Waals surface area contributed by atoms with Gasteiger partial charge in [0, 0.05) is 26.2 Å². The molecule has 6 heteroatoms. The molecular weight excluding hydrogens is 321 g/mol. The fourth-order valence-corrected chi connectivity index (χ4v) is 2.76. The lowest BCUT2D eigenvalue weighted by atomic mass is 10.2. The van der Waals surface area contributed by atoms with Gasteiger partial charge in [0.2, 0.25) is 5.91 Å². The number of carbonyl (C=O) groups is 1. The van der Waals surface area contributed by atoms with Crippen molar-refractivity contribution in [2.75, 3.05) is 12.4 Å². The van der Waals surface area contributed by atoms with Crippen LogP contribution < -0.4 is 5.32 Å². The van der Waals surface area contributed by atoms with Crippen molar-refractivity contribution in [3.05, 3.63) is 59.7 Å². The lowest BCUT2D eigenvalue weighted by molar-refractivity contribution is -0.130. The van der Waals surface area contributed by atoms with E-state index in [9.17, 15) is 9.18 Å². The number of amides is 1. The number of benzene rings is 2. The Morgan fingerprint density at radius 2 is 2.12 bits per heavy atom. The fraction of sp³-hybridized carbons (Fsp3) is 0.263. The maximum atomic E-state index is 13.3. The molecule has 5 nitrogen and oxygen atoms in total. The number of likely N-dealkylation sites (N-methyl/N-ethyl adjacent to an activating group) is 1. The summed E-state index contributed by atoms with van der Waals surface area (Å²) in [5.74, 6) is 0.215. The average Bonchev–Trinajstić information content (AvgIpc) is 2.93. The summed E-state index contributed by atoms with van der Waals surface area (Å²) in [5.41, 5.74) is 3.00. The molecule has 0 spiro atoms. The molecule has 130 valence electrons. The molecule has 1 N–H and O–H groups in total. The van der Waals surface area contributed by atoms with E-state index >= 15 is 0 Å². The van der Waals surface area contributed by atoms with Gasteiger partial charge in [-0.25, -0.2) is 9.37 Å². The Kier molecular flexibility index (Phi) is 4.70. The number of aryl methyl sites for hydroxylation is 1. The molecular formula is C19H20FN3O2. The molecule has 3 aromatic rings. The van der Waals surface area contributed by atoms with E-state index in [2.05, 4.69) is 10.3 Å². The standard InChI is InChI=1S/C19H20FN3O2/c1-12(19(24)23(3)11-14-5-4-6-15(20)9-14)21-16-7-8-18-17(10-16)22-13(2)25-18/h4-10,12,21H,11H2,1-3H3/t12-/m0/s1. The number of carbonyl (C=O) groups excluding carboxylic acids is 1. The summed E-state index contributed by atoms with van der Waals surface area (Å²) in [5, 5.41) is 3.17. The SMILES string of the molecule is Cc1nc2cc(N[C@@H](C)C(=O)N(C)Cc3cccc(F)c3)ccc2o1. The molecule has 25 heavy (non-hydrogen) atoms. The predicted molar refractivity (Wildman–Crippen MR) is 94.7 cm³/mol. The van der Waals surface area contributed by atoms with Crippen LogP contribution in [0.3, 0.4) is 0 Å². The van der Waals surface area contributed by atoms with Gasteiger partial charge in [-0.3, -0.25) is 4.79 Å². The molecule has 1 atom stereocenters. The summed E-state index contributed by atoms with van der Waals surface area (Å²) in [6.07, 6.45) is 0. The summed E-state index contributed by atoms with van der Waals surface area (Å²) in [4.78, 5) is 18.4. The van der Waals surface area contributed by atoms with Crippen molar-refractivity contribution in [1.82, 2.24) is 9.88 Å². The van der Waals surface area contributed by atoms with Gasteiger partial charge in [-0.15, -0.1) is 0 Å². The number of hydrogen-bond acceptors (Lipinski definition) is 4. The summed E-state index contributed by atoms with van der Waals surface area (Å²) < 4.78 is 18.7. The van der Waals surface area contributed by atoms with Gasteiger partial charge in [0.25, 0.3) is 0 Å². The Morgan fingerprint density at radius 1 is 1.32 bits per heavy atom. The second-order valence-corrected chi connectivity index (χ2v) is 6.11. The fourth-order valence-electron chi connectivity index (χ4n) is 2.76. The van der Waals surface area contributed by atoms with Gasteiger partial charge in [-0.05, 0) is 42.8 Å². The highest BCUT2D eigenvalue weighted by Gasteiger charge is 2.18. The molecule has 0 unspecified atom stereocenters. The van der Waals surface area contributed by atoms with Gasteiger partial charge in [-0.2, -0.15) is 0 Å². The Balaban J connectivity index is 1.66. The number of rotatable bonds is 5. The number of hydrogen-bond donors (Lipinski definition) is 1. The largest absolute Gasteiger partial charge is 0.441 e. The van der Waals surface area contributed by atoms with Crippen LogP contribution in [0.1, 0.15) is 18.4 Å². The van der Waals surface area contributed by atoms with E-state index in [1.165, 1.54) is 12.1 Å². The molecule has 3 rings (SSSR count). The maximum absolute atomic E-state index is 13.3. The molecule has 1 aromatic heterocycles. The van der Waals surface area contributed by atoms with Crippen LogP contribution in [0.5, 0.6) is 0 Å². The van der Waals surface area contributed by atoms with E-state index in [1.54, 1.807) is 37.9 Å². The summed E-state index contributed by atoms with van der Waals surface area (Å²) in [6, 6.07) is 11.4. The van der Waals surface area contributed by atoms with Crippen molar-refractivity contribution in [1.29, 1.82) is 0 Å². The first-order chi connectivity index (χ1) is 11.9. The number of oxazole rings is 1. The van der Waals surface area contributed by atoms with Crippen LogP contribution >= 0.6 is 0 Å². The zero-order valence-electron chi connectivity index (χ0n) is 14.4. The minimum absolute atomic E-state index is 0.0827. The molecule has 0 aliphatic heterocycles. The van der Waals surface area contributed by atoms with E-state index in [0.29, 0.717) is 18.0 Å². The zero-order chi connectivity index (χ0) is 18.0. The van der Waals surface area contributed by atoms with Crippen molar-refractivity contribution < 1.29 is 13.6 Å². The van der Waals surface area contributed by atoms with Crippen molar-refractivity contribution in [3.8, 4) is 0 Å². The van der Waals surface area contributed by atoms with Crippen LogP contribution in [0.25, 0.3) is 11.1 Å². The van der Waals surface area contributed by atoms with Gasteiger partial charge in [-0.1, -0.05) is 12.1 Å². The van der Waals surface area contributed by atoms with E-state index < -0.39 is 6.04 Å².